The molecule has 0 nitrogen and oxygen atoms in total. The number of hydrogen-bond donors (Lipinski definition) is 0. The molecule has 0 aromatic heterocycles. The van der Waals surface area contributed by atoms with E-state index in [1.807, 2.05) is 0 Å². The number of aryl methyl sites for hydroxylation is 3. The molecule has 1 aliphatic rings. The van der Waals surface area contributed by atoms with Gasteiger partial charge in [0.1, 0.15) is 0 Å². The molecular weight excluding hydrogens is 228 g/mol. The van der Waals surface area contributed by atoms with Crippen molar-refractivity contribution in [1.82, 2.24) is 0 Å². The van der Waals surface area contributed by atoms with Crippen molar-refractivity contribution in [1.29, 1.82) is 0 Å². The Morgan fingerprint density at radius 3 is 2.37 bits per heavy atom. The standard InChI is InChI=1S/C19H16/c1-11-9-13(3)18-16-8-7-12(2)14-5-4-6-15(19(14)16)17(18)10-11/h4-10H,1-3H3. The fraction of sp³-hybridized carbons (Fsp3) is 0.158. The van der Waals surface area contributed by atoms with Gasteiger partial charge in [0, 0.05) is 0 Å². The van der Waals surface area contributed by atoms with Crippen molar-refractivity contribution in [2.75, 3.05) is 0 Å². The van der Waals surface area contributed by atoms with Crippen LogP contribution in [0.15, 0.2) is 42.5 Å². The van der Waals surface area contributed by atoms with Crippen molar-refractivity contribution in [3.05, 3.63) is 59.2 Å². The Kier molecular flexibility index (Phi) is 1.98. The van der Waals surface area contributed by atoms with Crippen LogP contribution in [0.4, 0.5) is 0 Å². The van der Waals surface area contributed by atoms with E-state index >= 15 is 0 Å². The first kappa shape index (κ1) is 10.8. The van der Waals surface area contributed by atoms with Crippen LogP contribution in [0, 0.1) is 20.8 Å². The first-order chi connectivity index (χ1) is 9.16. The van der Waals surface area contributed by atoms with Gasteiger partial charge in [-0.25, -0.2) is 0 Å². The molecule has 3 aromatic rings. The Morgan fingerprint density at radius 2 is 1.53 bits per heavy atom. The number of rotatable bonds is 0. The second-order valence-corrected chi connectivity index (χ2v) is 5.66. The van der Waals surface area contributed by atoms with Crippen molar-refractivity contribution >= 4 is 10.8 Å². The molecule has 0 saturated carbocycles. The summed E-state index contributed by atoms with van der Waals surface area (Å²) in [6, 6.07) is 15.8. The lowest BCUT2D eigenvalue weighted by Gasteiger charge is -2.08. The summed E-state index contributed by atoms with van der Waals surface area (Å²) >= 11 is 0. The minimum atomic E-state index is 1.35. The molecule has 0 bridgehead atoms. The van der Waals surface area contributed by atoms with E-state index in [4.69, 9.17) is 0 Å². The molecule has 0 N–H and O–H groups in total. The Morgan fingerprint density at radius 1 is 0.684 bits per heavy atom. The third-order valence-corrected chi connectivity index (χ3v) is 4.30. The van der Waals surface area contributed by atoms with Crippen LogP contribution in [0.25, 0.3) is 33.0 Å². The highest BCUT2D eigenvalue weighted by atomic mass is 14.3. The van der Waals surface area contributed by atoms with Gasteiger partial charge in [-0.2, -0.15) is 0 Å². The predicted octanol–water partition coefficient (Wildman–Crippen LogP) is 5.41. The molecule has 1 aliphatic carbocycles. The van der Waals surface area contributed by atoms with Crippen LogP contribution < -0.4 is 0 Å². The van der Waals surface area contributed by atoms with Crippen molar-refractivity contribution in [3.63, 3.8) is 0 Å². The van der Waals surface area contributed by atoms with Crippen LogP contribution in [-0.2, 0) is 0 Å². The van der Waals surface area contributed by atoms with Gasteiger partial charge in [0.2, 0.25) is 0 Å². The first-order valence-electron chi connectivity index (χ1n) is 6.81. The Labute approximate surface area is 113 Å². The number of fused-ring (bicyclic) bond motifs is 3. The fourth-order valence-corrected chi connectivity index (χ4v) is 3.52. The minimum Gasteiger partial charge on any atom is -0.0610 e. The van der Waals surface area contributed by atoms with E-state index in [9.17, 15) is 0 Å². The Bertz CT molecular complexity index is 838. The van der Waals surface area contributed by atoms with E-state index < -0.39 is 0 Å². The lowest BCUT2D eigenvalue weighted by Crippen LogP contribution is -1.84. The highest BCUT2D eigenvalue weighted by Gasteiger charge is 2.23. The zero-order valence-electron chi connectivity index (χ0n) is 11.5. The fourth-order valence-electron chi connectivity index (χ4n) is 3.52. The van der Waals surface area contributed by atoms with Gasteiger partial charge >= 0.3 is 0 Å². The van der Waals surface area contributed by atoms with Gasteiger partial charge in [-0.05, 0) is 64.9 Å². The molecule has 0 atom stereocenters. The van der Waals surface area contributed by atoms with Crippen LogP contribution in [0.3, 0.4) is 0 Å². The number of benzene rings is 3. The zero-order valence-corrected chi connectivity index (χ0v) is 11.5. The summed E-state index contributed by atoms with van der Waals surface area (Å²) in [5, 5.41) is 2.83. The van der Waals surface area contributed by atoms with E-state index in [-0.39, 0.29) is 0 Å². The highest BCUT2D eigenvalue weighted by molar-refractivity contribution is 6.16. The molecule has 92 valence electrons. The molecule has 0 unspecified atom stereocenters. The maximum Gasteiger partial charge on any atom is -0.00236 e. The van der Waals surface area contributed by atoms with Crippen LogP contribution in [0.5, 0.6) is 0 Å². The predicted molar refractivity (Wildman–Crippen MR) is 82.6 cm³/mol. The van der Waals surface area contributed by atoms with Gasteiger partial charge in [0.25, 0.3) is 0 Å². The van der Waals surface area contributed by atoms with Gasteiger partial charge in [0.05, 0.1) is 0 Å². The average Bonchev–Trinajstić information content (AvgIpc) is 2.70. The van der Waals surface area contributed by atoms with Gasteiger partial charge in [-0.1, -0.05) is 48.0 Å². The lowest BCUT2D eigenvalue weighted by atomic mass is 9.96. The third kappa shape index (κ3) is 1.29. The highest BCUT2D eigenvalue weighted by Crippen LogP contribution is 2.49. The average molecular weight is 244 g/mol. The summed E-state index contributed by atoms with van der Waals surface area (Å²) in [7, 11) is 0. The molecule has 0 heteroatoms. The van der Waals surface area contributed by atoms with E-state index in [2.05, 4.69) is 63.2 Å². The second kappa shape index (κ2) is 3.48. The molecule has 0 aliphatic heterocycles. The van der Waals surface area contributed by atoms with Crippen LogP contribution in [0.1, 0.15) is 16.7 Å². The molecule has 0 heterocycles. The molecule has 0 spiro atoms. The van der Waals surface area contributed by atoms with Gasteiger partial charge in [-0.3, -0.25) is 0 Å². The zero-order chi connectivity index (χ0) is 13.1. The summed E-state index contributed by atoms with van der Waals surface area (Å²) < 4.78 is 0. The van der Waals surface area contributed by atoms with Crippen LogP contribution in [0.2, 0.25) is 0 Å². The van der Waals surface area contributed by atoms with E-state index in [1.165, 1.54) is 49.7 Å². The molecule has 0 amide bonds. The van der Waals surface area contributed by atoms with Crippen LogP contribution in [-0.4, -0.2) is 0 Å². The van der Waals surface area contributed by atoms with Gasteiger partial charge in [-0.15, -0.1) is 0 Å². The monoisotopic (exact) mass is 244 g/mol. The maximum absolute atomic E-state index is 2.33. The maximum atomic E-state index is 2.33. The molecular formula is C19H16. The molecule has 0 radical (unpaired) electrons. The summed E-state index contributed by atoms with van der Waals surface area (Å²) in [6.45, 7) is 6.61. The molecule has 0 saturated heterocycles. The van der Waals surface area contributed by atoms with E-state index in [1.54, 1.807) is 0 Å². The smallest absolute Gasteiger partial charge is 0.00236 e. The van der Waals surface area contributed by atoms with E-state index in [0.717, 1.165) is 0 Å². The lowest BCUT2D eigenvalue weighted by molar-refractivity contribution is 1.39. The molecule has 19 heavy (non-hydrogen) atoms. The van der Waals surface area contributed by atoms with Crippen molar-refractivity contribution in [3.8, 4) is 22.3 Å². The Hall–Kier alpha value is -2.08. The topological polar surface area (TPSA) is 0 Å². The minimum absolute atomic E-state index is 1.35. The molecule has 0 fully saturated rings. The largest absolute Gasteiger partial charge is 0.0610 e. The molecule has 3 aromatic carbocycles. The molecule has 4 rings (SSSR count). The van der Waals surface area contributed by atoms with Crippen molar-refractivity contribution in [2.24, 2.45) is 0 Å². The quantitative estimate of drug-likeness (QED) is 0.388. The van der Waals surface area contributed by atoms with Gasteiger partial charge in [0.15, 0.2) is 0 Å². The van der Waals surface area contributed by atoms with Crippen molar-refractivity contribution in [2.45, 2.75) is 20.8 Å². The summed E-state index contributed by atoms with van der Waals surface area (Å²) in [6.07, 6.45) is 0. The van der Waals surface area contributed by atoms with Crippen LogP contribution >= 0.6 is 0 Å². The van der Waals surface area contributed by atoms with Crippen molar-refractivity contribution < 1.29 is 0 Å². The van der Waals surface area contributed by atoms with Gasteiger partial charge < -0.3 is 0 Å². The summed E-state index contributed by atoms with van der Waals surface area (Å²) in [5.74, 6) is 0. The normalized spacial score (nSPS) is 11.9. The summed E-state index contributed by atoms with van der Waals surface area (Å²) in [5.41, 5.74) is 9.74. The third-order valence-electron chi connectivity index (χ3n) is 4.30. The van der Waals surface area contributed by atoms with E-state index in [0.29, 0.717) is 0 Å². The SMILES string of the molecule is Cc1cc(C)c2c(c1)-c1cccc3c(C)ccc-2c13. The summed E-state index contributed by atoms with van der Waals surface area (Å²) in [4.78, 5) is 0. The first-order valence-corrected chi connectivity index (χ1v) is 6.81. The Balaban J connectivity index is 2.27. The second-order valence-electron chi connectivity index (χ2n) is 5.66. The number of hydrogen-bond acceptors (Lipinski definition) is 0.